The average Bonchev–Trinajstić information content (AvgIpc) is 2.34. The van der Waals surface area contributed by atoms with Gasteiger partial charge in [0.25, 0.3) is 0 Å². The molecule has 0 heterocycles. The van der Waals surface area contributed by atoms with Gasteiger partial charge in [-0.1, -0.05) is 23.9 Å². The van der Waals surface area contributed by atoms with E-state index in [4.69, 9.17) is 9.84 Å². The minimum atomic E-state index is -0.953. The number of methoxy groups -OCH3 is 1. The van der Waals surface area contributed by atoms with Crippen molar-refractivity contribution >= 4 is 23.5 Å². The van der Waals surface area contributed by atoms with E-state index < -0.39 is 5.97 Å². The molecule has 92 valence electrons. The van der Waals surface area contributed by atoms with Crippen LogP contribution < -0.4 is 0 Å². The number of carboxylic acids is 1. The molecule has 5 heteroatoms. The SMILES string of the molecule is COCSc1ccc(C(=O)CCC(=O)O)cc1. The van der Waals surface area contributed by atoms with Gasteiger partial charge in [0.2, 0.25) is 0 Å². The van der Waals surface area contributed by atoms with Crippen LogP contribution in [0.25, 0.3) is 0 Å². The van der Waals surface area contributed by atoms with Crippen molar-refractivity contribution in [2.24, 2.45) is 0 Å². The summed E-state index contributed by atoms with van der Waals surface area (Å²) in [5.41, 5.74) is 0.549. The zero-order valence-electron chi connectivity index (χ0n) is 9.51. The minimum Gasteiger partial charge on any atom is -0.481 e. The molecule has 0 unspecified atom stereocenters. The zero-order chi connectivity index (χ0) is 12.7. The number of ether oxygens (including phenoxy) is 1. The van der Waals surface area contributed by atoms with Gasteiger partial charge in [-0.05, 0) is 12.1 Å². The Morgan fingerprint density at radius 3 is 2.41 bits per heavy atom. The Bertz CT molecular complexity index is 386. The molecule has 1 rings (SSSR count). The van der Waals surface area contributed by atoms with Crippen LogP contribution in [0.1, 0.15) is 23.2 Å². The number of benzene rings is 1. The summed E-state index contributed by atoms with van der Waals surface area (Å²) >= 11 is 1.53. The third kappa shape index (κ3) is 5.01. The standard InChI is InChI=1S/C12H14O4S/c1-16-8-17-10-4-2-9(3-5-10)11(13)6-7-12(14)15/h2-5H,6-8H2,1H3,(H,14,15). The number of aliphatic carboxylic acids is 1. The van der Waals surface area contributed by atoms with Gasteiger partial charge in [-0.3, -0.25) is 9.59 Å². The molecule has 0 fully saturated rings. The number of thioether (sulfide) groups is 1. The van der Waals surface area contributed by atoms with Crippen molar-refractivity contribution in [2.75, 3.05) is 13.0 Å². The summed E-state index contributed by atoms with van der Waals surface area (Å²) in [5, 5.41) is 8.48. The highest BCUT2D eigenvalue weighted by molar-refractivity contribution is 7.99. The van der Waals surface area contributed by atoms with Crippen molar-refractivity contribution in [3.05, 3.63) is 29.8 Å². The molecule has 0 saturated heterocycles. The number of ketones is 1. The van der Waals surface area contributed by atoms with Crippen molar-refractivity contribution < 1.29 is 19.4 Å². The van der Waals surface area contributed by atoms with Gasteiger partial charge in [-0.15, -0.1) is 0 Å². The summed E-state index contributed by atoms with van der Waals surface area (Å²) in [4.78, 5) is 22.9. The number of Topliss-reactive ketones (excluding diaryl/α,β-unsaturated/α-hetero) is 1. The van der Waals surface area contributed by atoms with Gasteiger partial charge in [0.15, 0.2) is 5.78 Å². The van der Waals surface area contributed by atoms with Gasteiger partial charge in [0.1, 0.15) is 0 Å². The predicted octanol–water partition coefficient (Wildman–Crippen LogP) is 2.43. The minimum absolute atomic E-state index is 0.0416. The van der Waals surface area contributed by atoms with E-state index in [1.807, 2.05) is 12.1 Å². The van der Waals surface area contributed by atoms with Gasteiger partial charge < -0.3 is 9.84 Å². The highest BCUT2D eigenvalue weighted by Gasteiger charge is 2.08. The Kier molecular flexibility index (Phi) is 5.72. The van der Waals surface area contributed by atoms with Crippen LogP contribution in [0.5, 0.6) is 0 Å². The molecule has 0 atom stereocenters. The third-order valence-electron chi connectivity index (χ3n) is 2.09. The monoisotopic (exact) mass is 254 g/mol. The van der Waals surface area contributed by atoms with E-state index in [9.17, 15) is 9.59 Å². The molecule has 4 nitrogen and oxygen atoms in total. The normalized spacial score (nSPS) is 10.2. The Labute approximate surface area is 104 Å². The Balaban J connectivity index is 2.54. The maximum atomic E-state index is 11.6. The van der Waals surface area contributed by atoms with Crippen LogP contribution >= 0.6 is 11.8 Å². The van der Waals surface area contributed by atoms with Crippen LogP contribution in [-0.4, -0.2) is 29.9 Å². The van der Waals surface area contributed by atoms with Crippen LogP contribution in [0.4, 0.5) is 0 Å². The first-order chi connectivity index (χ1) is 8.13. The number of carboxylic acid groups (broad SMARTS) is 1. The molecular formula is C12H14O4S. The Morgan fingerprint density at radius 2 is 1.88 bits per heavy atom. The molecule has 0 bridgehead atoms. The molecule has 1 aromatic carbocycles. The van der Waals surface area contributed by atoms with Crippen LogP contribution in [0, 0.1) is 0 Å². The third-order valence-corrected chi connectivity index (χ3v) is 3.04. The van der Waals surface area contributed by atoms with Crippen molar-refractivity contribution in [3.8, 4) is 0 Å². The van der Waals surface area contributed by atoms with Gasteiger partial charge in [0.05, 0.1) is 12.4 Å². The molecule has 0 aliphatic rings. The average molecular weight is 254 g/mol. The molecule has 0 spiro atoms. The number of carbonyl (C=O) groups is 2. The molecule has 0 amide bonds. The first-order valence-electron chi connectivity index (χ1n) is 5.10. The molecule has 0 radical (unpaired) electrons. The van der Waals surface area contributed by atoms with Crippen molar-refractivity contribution in [3.63, 3.8) is 0 Å². The van der Waals surface area contributed by atoms with Crippen LogP contribution in [-0.2, 0) is 9.53 Å². The fourth-order valence-corrected chi connectivity index (χ4v) is 1.81. The van der Waals surface area contributed by atoms with E-state index in [1.54, 1.807) is 19.2 Å². The summed E-state index contributed by atoms with van der Waals surface area (Å²) < 4.78 is 4.92. The zero-order valence-corrected chi connectivity index (χ0v) is 10.3. The molecule has 0 aliphatic carbocycles. The smallest absolute Gasteiger partial charge is 0.303 e. The van der Waals surface area contributed by atoms with E-state index in [2.05, 4.69) is 0 Å². The number of hydrogen-bond donors (Lipinski definition) is 1. The van der Waals surface area contributed by atoms with E-state index in [-0.39, 0.29) is 18.6 Å². The lowest BCUT2D eigenvalue weighted by atomic mass is 10.1. The van der Waals surface area contributed by atoms with Gasteiger partial charge in [-0.2, -0.15) is 0 Å². The van der Waals surface area contributed by atoms with Crippen molar-refractivity contribution in [1.82, 2.24) is 0 Å². The summed E-state index contributed by atoms with van der Waals surface area (Å²) in [6, 6.07) is 7.08. The van der Waals surface area contributed by atoms with Crippen LogP contribution in [0.15, 0.2) is 29.2 Å². The molecule has 0 aliphatic heterocycles. The molecule has 1 N–H and O–H groups in total. The first kappa shape index (κ1) is 13.7. The van der Waals surface area contributed by atoms with E-state index in [1.165, 1.54) is 11.8 Å². The molecular weight excluding hydrogens is 240 g/mol. The lowest BCUT2D eigenvalue weighted by Gasteiger charge is -2.02. The van der Waals surface area contributed by atoms with Crippen molar-refractivity contribution in [1.29, 1.82) is 0 Å². The molecule has 0 saturated carbocycles. The van der Waals surface area contributed by atoms with Gasteiger partial charge in [-0.25, -0.2) is 0 Å². The lowest BCUT2D eigenvalue weighted by molar-refractivity contribution is -0.136. The summed E-state index contributed by atoms with van der Waals surface area (Å²) in [7, 11) is 1.62. The fraction of sp³-hybridized carbons (Fsp3) is 0.333. The Hall–Kier alpha value is -1.33. The molecule has 0 aromatic heterocycles. The molecule has 17 heavy (non-hydrogen) atoms. The fourth-order valence-electron chi connectivity index (χ4n) is 1.23. The highest BCUT2D eigenvalue weighted by Crippen LogP contribution is 2.18. The first-order valence-corrected chi connectivity index (χ1v) is 6.09. The summed E-state index contributed by atoms with van der Waals surface area (Å²) in [5.74, 6) is -0.534. The number of hydrogen-bond acceptors (Lipinski definition) is 4. The maximum absolute atomic E-state index is 11.6. The summed E-state index contributed by atoms with van der Waals surface area (Å²) in [6.45, 7) is 0. The predicted molar refractivity (Wildman–Crippen MR) is 65.4 cm³/mol. The topological polar surface area (TPSA) is 63.6 Å². The van der Waals surface area contributed by atoms with E-state index in [0.717, 1.165) is 4.90 Å². The van der Waals surface area contributed by atoms with Crippen molar-refractivity contribution in [2.45, 2.75) is 17.7 Å². The van der Waals surface area contributed by atoms with Gasteiger partial charge in [0, 0.05) is 24.0 Å². The second kappa shape index (κ2) is 7.09. The van der Waals surface area contributed by atoms with Crippen LogP contribution in [0.3, 0.4) is 0 Å². The summed E-state index contributed by atoms with van der Waals surface area (Å²) in [6.07, 6.45) is -0.0844. The number of carbonyl (C=O) groups excluding carboxylic acids is 1. The van der Waals surface area contributed by atoms with Gasteiger partial charge >= 0.3 is 5.97 Å². The second-order valence-corrected chi connectivity index (χ2v) is 4.39. The highest BCUT2D eigenvalue weighted by atomic mass is 32.2. The Morgan fingerprint density at radius 1 is 1.24 bits per heavy atom. The maximum Gasteiger partial charge on any atom is 0.303 e. The molecule has 1 aromatic rings. The van der Waals surface area contributed by atoms with Crippen LogP contribution in [0.2, 0.25) is 0 Å². The second-order valence-electron chi connectivity index (χ2n) is 3.39. The lowest BCUT2D eigenvalue weighted by Crippen LogP contribution is -2.03. The van der Waals surface area contributed by atoms with E-state index >= 15 is 0 Å². The largest absolute Gasteiger partial charge is 0.481 e. The number of rotatable bonds is 7. The van der Waals surface area contributed by atoms with E-state index in [0.29, 0.717) is 11.5 Å². The quantitative estimate of drug-likeness (QED) is 0.460.